The first-order valence-corrected chi connectivity index (χ1v) is 7.05. The Morgan fingerprint density at radius 2 is 1.77 bits per heavy atom. The van der Waals surface area contributed by atoms with Gasteiger partial charge in [0.05, 0.1) is 0 Å². The van der Waals surface area contributed by atoms with Gasteiger partial charge in [-0.05, 0) is 26.1 Å². The first kappa shape index (κ1) is 16.4. The summed E-state index contributed by atoms with van der Waals surface area (Å²) < 4.78 is 46.0. The van der Waals surface area contributed by atoms with Crippen LogP contribution in [0.4, 0.5) is 13.2 Å². The topological polar surface area (TPSA) is 21.3 Å². The standard InChI is InChI=1S/C17H18F3NO/c1-11-15(10-13(18)17(20)16(11)19)22-14(8-9-21-2)12-6-4-3-5-7-12/h3-7,10,14,21H,8-9H2,1-2H3. The average molecular weight is 309 g/mol. The lowest BCUT2D eigenvalue weighted by atomic mass is 10.1. The third kappa shape index (κ3) is 3.60. The van der Waals surface area contributed by atoms with Gasteiger partial charge in [0.15, 0.2) is 17.5 Å². The molecule has 0 bridgehead atoms. The third-order valence-electron chi connectivity index (χ3n) is 3.46. The predicted octanol–water partition coefficient (Wildman–Crippen LogP) is 4.14. The Bertz CT molecular complexity index is 632. The van der Waals surface area contributed by atoms with Gasteiger partial charge in [0.2, 0.25) is 0 Å². The van der Waals surface area contributed by atoms with E-state index >= 15 is 0 Å². The van der Waals surface area contributed by atoms with Crippen molar-refractivity contribution in [3.63, 3.8) is 0 Å². The summed E-state index contributed by atoms with van der Waals surface area (Å²) in [7, 11) is 1.81. The third-order valence-corrected chi connectivity index (χ3v) is 3.46. The van der Waals surface area contributed by atoms with E-state index in [0.29, 0.717) is 13.0 Å². The van der Waals surface area contributed by atoms with Gasteiger partial charge in [-0.25, -0.2) is 13.2 Å². The number of ether oxygens (including phenoxy) is 1. The van der Waals surface area contributed by atoms with E-state index in [9.17, 15) is 13.2 Å². The van der Waals surface area contributed by atoms with Gasteiger partial charge in [0.25, 0.3) is 0 Å². The lowest BCUT2D eigenvalue weighted by molar-refractivity contribution is 0.191. The first-order chi connectivity index (χ1) is 10.5. The summed E-state index contributed by atoms with van der Waals surface area (Å²) in [6.07, 6.45) is 0.234. The summed E-state index contributed by atoms with van der Waals surface area (Å²) in [5.41, 5.74) is 0.853. The van der Waals surface area contributed by atoms with Crippen molar-refractivity contribution in [1.29, 1.82) is 0 Å². The molecule has 22 heavy (non-hydrogen) atoms. The Morgan fingerprint density at radius 1 is 1.09 bits per heavy atom. The van der Waals surface area contributed by atoms with E-state index in [0.717, 1.165) is 11.6 Å². The molecule has 0 aliphatic heterocycles. The number of hydrogen-bond acceptors (Lipinski definition) is 2. The zero-order valence-electron chi connectivity index (χ0n) is 12.5. The minimum Gasteiger partial charge on any atom is -0.485 e. The van der Waals surface area contributed by atoms with Crippen LogP contribution < -0.4 is 10.1 Å². The monoisotopic (exact) mass is 309 g/mol. The highest BCUT2D eigenvalue weighted by Crippen LogP contribution is 2.30. The van der Waals surface area contributed by atoms with Crippen LogP contribution in [0.2, 0.25) is 0 Å². The number of nitrogens with one attached hydrogen (secondary N) is 1. The molecule has 0 aliphatic rings. The molecule has 0 saturated heterocycles. The lowest BCUT2D eigenvalue weighted by Crippen LogP contribution is -2.17. The van der Waals surface area contributed by atoms with E-state index in [1.165, 1.54) is 6.92 Å². The smallest absolute Gasteiger partial charge is 0.194 e. The van der Waals surface area contributed by atoms with Crippen LogP contribution in [0, 0.1) is 24.4 Å². The summed E-state index contributed by atoms with van der Waals surface area (Å²) >= 11 is 0. The van der Waals surface area contributed by atoms with Crippen molar-refractivity contribution in [3.8, 4) is 5.75 Å². The van der Waals surface area contributed by atoms with Gasteiger partial charge in [0.1, 0.15) is 11.9 Å². The normalized spacial score (nSPS) is 12.2. The van der Waals surface area contributed by atoms with Crippen molar-refractivity contribution < 1.29 is 17.9 Å². The Kier molecular flexibility index (Phi) is 5.44. The summed E-state index contributed by atoms with van der Waals surface area (Å²) in [6.45, 7) is 2.04. The molecule has 0 spiro atoms. The minimum absolute atomic E-state index is 0.0151. The van der Waals surface area contributed by atoms with Gasteiger partial charge < -0.3 is 10.1 Å². The number of halogens is 3. The Hall–Kier alpha value is -2.01. The van der Waals surface area contributed by atoms with Crippen LogP contribution in [-0.2, 0) is 0 Å². The van der Waals surface area contributed by atoms with Gasteiger partial charge in [-0.2, -0.15) is 0 Å². The fourth-order valence-corrected chi connectivity index (χ4v) is 2.18. The maximum absolute atomic E-state index is 13.6. The zero-order chi connectivity index (χ0) is 16.1. The van der Waals surface area contributed by atoms with Gasteiger partial charge in [0, 0.05) is 18.1 Å². The second-order valence-corrected chi connectivity index (χ2v) is 5.02. The van der Waals surface area contributed by atoms with Gasteiger partial charge in [-0.3, -0.25) is 0 Å². The summed E-state index contributed by atoms with van der Waals surface area (Å²) in [5.74, 6) is -3.92. The highest BCUT2D eigenvalue weighted by molar-refractivity contribution is 5.36. The van der Waals surface area contributed by atoms with E-state index < -0.39 is 17.5 Å². The molecule has 0 aliphatic carbocycles. The lowest BCUT2D eigenvalue weighted by Gasteiger charge is -2.21. The van der Waals surface area contributed by atoms with Crippen molar-refractivity contribution >= 4 is 0 Å². The van der Waals surface area contributed by atoms with Crippen molar-refractivity contribution in [2.75, 3.05) is 13.6 Å². The minimum atomic E-state index is -1.48. The molecule has 2 aromatic rings. The molecule has 2 rings (SSSR count). The van der Waals surface area contributed by atoms with Crippen molar-refractivity contribution in [3.05, 3.63) is 65.0 Å². The Morgan fingerprint density at radius 3 is 2.41 bits per heavy atom. The fraction of sp³-hybridized carbons (Fsp3) is 0.294. The summed E-state index contributed by atoms with van der Waals surface area (Å²) in [5, 5.41) is 3.01. The Balaban J connectivity index is 2.31. The summed E-state index contributed by atoms with van der Waals surface area (Å²) in [6, 6.07) is 10.3. The molecule has 1 unspecified atom stereocenters. The maximum Gasteiger partial charge on any atom is 0.194 e. The predicted molar refractivity (Wildman–Crippen MR) is 79.4 cm³/mol. The second-order valence-electron chi connectivity index (χ2n) is 5.02. The molecule has 2 aromatic carbocycles. The molecule has 0 amide bonds. The highest BCUT2D eigenvalue weighted by Gasteiger charge is 2.20. The molecule has 1 atom stereocenters. The van der Waals surface area contributed by atoms with E-state index in [-0.39, 0.29) is 17.4 Å². The second kappa shape index (κ2) is 7.31. The molecular weight excluding hydrogens is 291 g/mol. The number of hydrogen-bond donors (Lipinski definition) is 1. The van der Waals surface area contributed by atoms with Crippen LogP contribution >= 0.6 is 0 Å². The number of rotatable bonds is 6. The average Bonchev–Trinajstić information content (AvgIpc) is 2.54. The molecule has 1 N–H and O–H groups in total. The van der Waals surface area contributed by atoms with Crippen LogP contribution in [0.3, 0.4) is 0 Å². The van der Waals surface area contributed by atoms with Gasteiger partial charge in [-0.1, -0.05) is 30.3 Å². The first-order valence-electron chi connectivity index (χ1n) is 7.05. The van der Waals surface area contributed by atoms with Crippen LogP contribution in [0.25, 0.3) is 0 Å². The summed E-state index contributed by atoms with van der Waals surface area (Å²) in [4.78, 5) is 0. The van der Waals surface area contributed by atoms with E-state index in [1.807, 2.05) is 37.4 Å². The Labute approximate surface area is 127 Å². The fourth-order valence-electron chi connectivity index (χ4n) is 2.18. The molecule has 0 radical (unpaired) electrons. The van der Waals surface area contributed by atoms with E-state index in [2.05, 4.69) is 5.32 Å². The highest BCUT2D eigenvalue weighted by atomic mass is 19.2. The van der Waals surface area contributed by atoms with Crippen LogP contribution in [0.5, 0.6) is 5.75 Å². The van der Waals surface area contributed by atoms with Crippen molar-refractivity contribution in [2.24, 2.45) is 0 Å². The van der Waals surface area contributed by atoms with Crippen molar-refractivity contribution in [2.45, 2.75) is 19.4 Å². The molecule has 0 saturated carbocycles. The molecule has 0 fully saturated rings. The largest absolute Gasteiger partial charge is 0.485 e. The van der Waals surface area contributed by atoms with Crippen LogP contribution in [-0.4, -0.2) is 13.6 Å². The molecule has 5 heteroatoms. The molecule has 0 aromatic heterocycles. The molecule has 0 heterocycles. The zero-order valence-corrected chi connectivity index (χ0v) is 12.5. The molecule has 2 nitrogen and oxygen atoms in total. The maximum atomic E-state index is 13.6. The van der Waals surface area contributed by atoms with Gasteiger partial charge in [-0.15, -0.1) is 0 Å². The van der Waals surface area contributed by atoms with Crippen LogP contribution in [0.1, 0.15) is 23.7 Å². The van der Waals surface area contributed by atoms with Crippen molar-refractivity contribution in [1.82, 2.24) is 5.32 Å². The quantitative estimate of drug-likeness (QED) is 0.810. The molecule has 118 valence electrons. The SMILES string of the molecule is CNCCC(Oc1cc(F)c(F)c(F)c1C)c1ccccc1. The number of benzene rings is 2. The van der Waals surface area contributed by atoms with E-state index in [1.54, 1.807) is 0 Å². The van der Waals surface area contributed by atoms with E-state index in [4.69, 9.17) is 4.74 Å². The van der Waals surface area contributed by atoms with Gasteiger partial charge >= 0.3 is 0 Å². The van der Waals surface area contributed by atoms with Crippen LogP contribution in [0.15, 0.2) is 36.4 Å². The molecular formula is C17H18F3NO.